The van der Waals surface area contributed by atoms with E-state index in [2.05, 4.69) is 5.32 Å². The van der Waals surface area contributed by atoms with Crippen LogP contribution in [0.1, 0.15) is 31.4 Å². The molecule has 0 aromatic heterocycles. The lowest BCUT2D eigenvalue weighted by Crippen LogP contribution is -2.49. The molecule has 1 saturated heterocycles. The molecule has 10 heteroatoms. The molecule has 1 fully saturated rings. The maximum Gasteiger partial charge on any atom is 0.281 e. The van der Waals surface area contributed by atoms with Crippen molar-refractivity contribution < 1.29 is 21.6 Å². The van der Waals surface area contributed by atoms with Crippen molar-refractivity contribution >= 4 is 26.0 Å². The van der Waals surface area contributed by atoms with Crippen LogP contribution >= 0.6 is 0 Å². The number of piperidine rings is 1. The number of nitrogens with one attached hydrogen (secondary N) is 1. The second-order valence-electron chi connectivity index (χ2n) is 7.06. The Labute approximate surface area is 161 Å². The molecule has 1 heterocycles. The molecule has 2 unspecified atom stereocenters. The van der Waals surface area contributed by atoms with Crippen molar-refractivity contribution in [1.82, 2.24) is 13.9 Å². The Kier molecular flexibility index (Phi) is 6.67. The van der Waals surface area contributed by atoms with Gasteiger partial charge in [-0.25, -0.2) is 8.42 Å². The molecule has 152 valence electrons. The molecule has 1 N–H and O–H groups in total. The van der Waals surface area contributed by atoms with Crippen molar-refractivity contribution in [3.8, 4) is 0 Å². The molecule has 1 aromatic carbocycles. The van der Waals surface area contributed by atoms with Crippen molar-refractivity contribution in [2.45, 2.75) is 30.7 Å². The van der Waals surface area contributed by atoms with E-state index in [-0.39, 0.29) is 23.4 Å². The lowest BCUT2D eigenvalue weighted by molar-refractivity contribution is -0.126. The predicted octanol–water partition coefficient (Wildman–Crippen LogP) is 0.786. The quantitative estimate of drug-likeness (QED) is 0.737. The lowest BCUT2D eigenvalue weighted by Gasteiger charge is -2.33. The van der Waals surface area contributed by atoms with E-state index in [4.69, 9.17) is 0 Å². The minimum Gasteiger partial charge on any atom is -0.349 e. The average Bonchev–Trinajstić information content (AvgIpc) is 2.61. The molecule has 0 spiro atoms. The number of carbonyl (C=O) groups excluding carboxylic acids is 1. The van der Waals surface area contributed by atoms with Gasteiger partial charge in [-0.3, -0.25) is 4.79 Å². The fourth-order valence-corrected chi connectivity index (χ4v) is 4.84. The van der Waals surface area contributed by atoms with E-state index < -0.39 is 26.0 Å². The maximum absolute atomic E-state index is 12.6. The molecule has 0 radical (unpaired) electrons. The fraction of sp³-hybridized carbons (Fsp3) is 0.588. The molecule has 1 aliphatic rings. The van der Waals surface area contributed by atoms with Gasteiger partial charge in [0, 0.05) is 33.4 Å². The Balaban J connectivity index is 2.03. The molecule has 1 aromatic rings. The first-order chi connectivity index (χ1) is 12.4. The molecule has 0 bridgehead atoms. The summed E-state index contributed by atoms with van der Waals surface area (Å²) in [5.41, 5.74) is 0.782. The highest BCUT2D eigenvalue weighted by Gasteiger charge is 2.33. The van der Waals surface area contributed by atoms with E-state index in [1.54, 1.807) is 12.1 Å². The molecule has 0 aliphatic carbocycles. The third-order valence-corrected chi connectivity index (χ3v) is 7.75. The van der Waals surface area contributed by atoms with E-state index in [9.17, 15) is 21.6 Å². The van der Waals surface area contributed by atoms with Gasteiger partial charge < -0.3 is 5.32 Å². The van der Waals surface area contributed by atoms with Crippen LogP contribution in [-0.2, 0) is 24.8 Å². The van der Waals surface area contributed by atoms with Crippen LogP contribution in [0.2, 0.25) is 0 Å². The normalized spacial score (nSPS) is 20.4. The highest BCUT2D eigenvalue weighted by molar-refractivity contribution is 7.90. The van der Waals surface area contributed by atoms with Crippen LogP contribution in [-0.4, -0.2) is 64.8 Å². The Morgan fingerprint density at radius 3 is 2.30 bits per heavy atom. The lowest BCUT2D eigenvalue weighted by atomic mass is 9.98. The molecule has 2 rings (SSSR count). The van der Waals surface area contributed by atoms with E-state index in [1.165, 1.54) is 30.5 Å². The minimum atomic E-state index is -3.54. The summed E-state index contributed by atoms with van der Waals surface area (Å²) in [6.45, 7) is 2.38. The zero-order valence-electron chi connectivity index (χ0n) is 16.0. The first-order valence-corrected chi connectivity index (χ1v) is 12.0. The van der Waals surface area contributed by atoms with E-state index in [0.717, 1.165) is 16.1 Å². The van der Waals surface area contributed by atoms with E-state index in [0.29, 0.717) is 19.4 Å². The largest absolute Gasteiger partial charge is 0.349 e. The van der Waals surface area contributed by atoms with Gasteiger partial charge >= 0.3 is 0 Å². The van der Waals surface area contributed by atoms with Crippen molar-refractivity contribution in [3.05, 3.63) is 29.8 Å². The number of hydrogen-bond acceptors (Lipinski definition) is 5. The second-order valence-corrected chi connectivity index (χ2v) is 11.2. The Bertz CT molecular complexity index is 880. The van der Waals surface area contributed by atoms with Gasteiger partial charge in [-0.05, 0) is 37.5 Å². The van der Waals surface area contributed by atoms with Crippen LogP contribution in [0, 0.1) is 5.92 Å². The monoisotopic (exact) mass is 417 g/mol. The van der Waals surface area contributed by atoms with Gasteiger partial charge in [-0.15, -0.1) is 0 Å². The molecule has 1 amide bonds. The SMILES string of the molecule is CC(NC(=O)C1CCCN(S(=O)(=O)N(C)C)C1)c1ccc(S(C)(=O)=O)cc1. The van der Waals surface area contributed by atoms with Crippen molar-refractivity contribution in [2.24, 2.45) is 5.92 Å². The van der Waals surface area contributed by atoms with Crippen molar-refractivity contribution in [2.75, 3.05) is 33.4 Å². The molecule has 8 nitrogen and oxygen atoms in total. The van der Waals surface area contributed by atoms with Crippen LogP contribution in [0.15, 0.2) is 29.2 Å². The summed E-state index contributed by atoms with van der Waals surface area (Å²) < 4.78 is 50.1. The molecule has 27 heavy (non-hydrogen) atoms. The number of benzene rings is 1. The van der Waals surface area contributed by atoms with Gasteiger partial charge in [0.15, 0.2) is 9.84 Å². The van der Waals surface area contributed by atoms with Crippen molar-refractivity contribution in [1.29, 1.82) is 0 Å². The summed E-state index contributed by atoms with van der Waals surface area (Å²) >= 11 is 0. The summed E-state index contributed by atoms with van der Waals surface area (Å²) in [5, 5.41) is 2.90. The molecular weight excluding hydrogens is 390 g/mol. The molecular formula is C17H27N3O5S2. The summed E-state index contributed by atoms with van der Waals surface area (Å²) in [6.07, 6.45) is 2.40. The fourth-order valence-electron chi connectivity index (χ4n) is 3.02. The predicted molar refractivity (Wildman–Crippen MR) is 103 cm³/mol. The molecule has 0 saturated carbocycles. The van der Waals surface area contributed by atoms with Gasteiger partial charge in [0.2, 0.25) is 5.91 Å². The third-order valence-electron chi connectivity index (χ3n) is 4.71. The van der Waals surface area contributed by atoms with Crippen LogP contribution in [0.25, 0.3) is 0 Å². The number of carbonyl (C=O) groups is 1. The summed E-state index contributed by atoms with van der Waals surface area (Å²) in [6, 6.07) is 6.06. The number of nitrogens with zero attached hydrogens (tertiary/aromatic N) is 2. The highest BCUT2D eigenvalue weighted by atomic mass is 32.2. The zero-order valence-corrected chi connectivity index (χ0v) is 17.7. The van der Waals surface area contributed by atoms with Crippen LogP contribution in [0.5, 0.6) is 0 Å². The number of hydrogen-bond donors (Lipinski definition) is 1. The number of sulfone groups is 1. The van der Waals surface area contributed by atoms with Gasteiger partial charge in [0.1, 0.15) is 0 Å². The third kappa shape index (κ3) is 5.28. The van der Waals surface area contributed by atoms with Crippen LogP contribution in [0.4, 0.5) is 0 Å². The second kappa shape index (κ2) is 8.26. The summed E-state index contributed by atoms with van der Waals surface area (Å²) in [4.78, 5) is 12.8. The zero-order chi connectivity index (χ0) is 20.4. The minimum absolute atomic E-state index is 0.159. The molecule has 1 aliphatic heterocycles. The number of amides is 1. The first-order valence-electron chi connectivity index (χ1n) is 8.71. The van der Waals surface area contributed by atoms with Gasteiger partial charge in [-0.2, -0.15) is 17.0 Å². The number of rotatable bonds is 6. The van der Waals surface area contributed by atoms with E-state index >= 15 is 0 Å². The maximum atomic E-state index is 12.6. The summed E-state index contributed by atoms with van der Waals surface area (Å²) in [7, 11) is -3.86. The van der Waals surface area contributed by atoms with Gasteiger partial charge in [0.25, 0.3) is 10.2 Å². The Morgan fingerprint density at radius 2 is 1.78 bits per heavy atom. The Morgan fingerprint density at radius 1 is 1.19 bits per heavy atom. The highest BCUT2D eigenvalue weighted by Crippen LogP contribution is 2.22. The molecule has 2 atom stereocenters. The van der Waals surface area contributed by atoms with Gasteiger partial charge in [-0.1, -0.05) is 12.1 Å². The summed E-state index contributed by atoms with van der Waals surface area (Å²) in [5.74, 6) is -0.612. The standard InChI is InChI=1S/C17H27N3O5S2/c1-13(14-7-9-16(10-8-14)26(4,22)23)18-17(21)15-6-5-11-20(12-15)27(24,25)19(2)3/h7-10,13,15H,5-6,11-12H2,1-4H3,(H,18,21). The van der Waals surface area contributed by atoms with Crippen LogP contribution in [0.3, 0.4) is 0 Å². The van der Waals surface area contributed by atoms with Crippen LogP contribution < -0.4 is 5.32 Å². The first kappa shape index (κ1) is 21.8. The smallest absolute Gasteiger partial charge is 0.281 e. The van der Waals surface area contributed by atoms with Crippen molar-refractivity contribution in [3.63, 3.8) is 0 Å². The Hall–Kier alpha value is -1.49. The topological polar surface area (TPSA) is 104 Å². The van der Waals surface area contributed by atoms with E-state index in [1.807, 2.05) is 6.92 Å². The average molecular weight is 418 g/mol. The van der Waals surface area contributed by atoms with Gasteiger partial charge in [0.05, 0.1) is 16.9 Å².